The molecule has 1 N–H and O–H groups in total. The molecule has 0 aliphatic heterocycles. The number of hydrogen-bond acceptors (Lipinski definition) is 4. The first kappa shape index (κ1) is 19.9. The number of benzene rings is 2. The predicted molar refractivity (Wildman–Crippen MR) is 114 cm³/mol. The molecule has 0 aliphatic carbocycles. The molecule has 1 amide bonds. The highest BCUT2D eigenvalue weighted by atomic mass is 19.1. The first-order valence-corrected chi connectivity index (χ1v) is 9.78. The third kappa shape index (κ3) is 3.38. The second kappa shape index (κ2) is 7.44. The van der Waals surface area contributed by atoms with Gasteiger partial charge in [0.1, 0.15) is 17.0 Å². The molecule has 2 aromatic heterocycles. The van der Waals surface area contributed by atoms with Crippen LogP contribution in [0.15, 0.2) is 50.2 Å². The Morgan fingerprint density at radius 2 is 1.77 bits per heavy atom. The molecule has 6 heteroatoms. The Hall–Kier alpha value is -3.41. The van der Waals surface area contributed by atoms with Crippen molar-refractivity contribution < 1.29 is 18.0 Å². The molecular formula is C24H22FNO4. The molecule has 0 spiro atoms. The summed E-state index contributed by atoms with van der Waals surface area (Å²) in [5.41, 5.74) is 3.91. The molecule has 0 atom stereocenters. The number of halogens is 1. The highest BCUT2D eigenvalue weighted by Gasteiger charge is 2.20. The van der Waals surface area contributed by atoms with E-state index in [4.69, 9.17) is 8.83 Å². The van der Waals surface area contributed by atoms with Gasteiger partial charge in [0.15, 0.2) is 0 Å². The second-order valence-electron chi connectivity index (χ2n) is 7.80. The van der Waals surface area contributed by atoms with E-state index in [2.05, 4.69) is 5.32 Å². The Morgan fingerprint density at radius 3 is 2.43 bits per heavy atom. The quantitative estimate of drug-likeness (QED) is 0.482. The van der Waals surface area contributed by atoms with Crippen molar-refractivity contribution in [2.45, 2.75) is 40.2 Å². The predicted octanol–water partition coefficient (Wildman–Crippen LogP) is 5.03. The van der Waals surface area contributed by atoms with E-state index in [1.54, 1.807) is 18.4 Å². The molecule has 0 fully saturated rings. The Labute approximate surface area is 172 Å². The van der Waals surface area contributed by atoms with Gasteiger partial charge in [-0.2, -0.15) is 0 Å². The van der Waals surface area contributed by atoms with Crippen LogP contribution in [0.4, 0.5) is 4.39 Å². The number of carbonyl (C=O) groups excluding carboxylic acids is 1. The van der Waals surface area contributed by atoms with E-state index in [-0.39, 0.29) is 24.2 Å². The van der Waals surface area contributed by atoms with Gasteiger partial charge in [-0.25, -0.2) is 9.18 Å². The lowest BCUT2D eigenvalue weighted by molar-refractivity contribution is -0.120. The molecule has 154 valence electrons. The lowest BCUT2D eigenvalue weighted by Crippen LogP contribution is -2.33. The standard InChI is InChI=1S/C24H22FNO4/c1-12(2)26-21(27)10-18-13(3)17-9-19-20(15-5-7-16(25)8-6-15)11-29-22(19)14(4)23(17)30-24(18)28/h5-9,11-12H,10H2,1-4H3,(H,26,27). The van der Waals surface area contributed by atoms with E-state index in [1.807, 2.05) is 33.8 Å². The van der Waals surface area contributed by atoms with Crippen molar-refractivity contribution in [1.29, 1.82) is 0 Å². The van der Waals surface area contributed by atoms with Crippen LogP contribution in [0.2, 0.25) is 0 Å². The zero-order chi connectivity index (χ0) is 21.6. The van der Waals surface area contributed by atoms with Crippen molar-refractivity contribution in [3.05, 3.63) is 69.5 Å². The van der Waals surface area contributed by atoms with Gasteiger partial charge in [-0.1, -0.05) is 12.1 Å². The van der Waals surface area contributed by atoms with Crippen LogP contribution in [-0.4, -0.2) is 11.9 Å². The number of nitrogens with one attached hydrogen (secondary N) is 1. The van der Waals surface area contributed by atoms with E-state index in [9.17, 15) is 14.0 Å². The van der Waals surface area contributed by atoms with Gasteiger partial charge in [-0.05, 0) is 57.0 Å². The number of aryl methyl sites for hydroxylation is 2. The molecule has 4 aromatic rings. The first-order valence-electron chi connectivity index (χ1n) is 9.78. The van der Waals surface area contributed by atoms with E-state index in [0.717, 1.165) is 21.9 Å². The van der Waals surface area contributed by atoms with Crippen LogP contribution in [-0.2, 0) is 11.2 Å². The van der Waals surface area contributed by atoms with Gasteiger partial charge in [-0.15, -0.1) is 0 Å². The van der Waals surface area contributed by atoms with Crippen molar-refractivity contribution >= 4 is 27.8 Å². The molecular weight excluding hydrogens is 385 g/mol. The molecule has 30 heavy (non-hydrogen) atoms. The molecule has 0 bridgehead atoms. The lowest BCUT2D eigenvalue weighted by atomic mass is 9.97. The van der Waals surface area contributed by atoms with Crippen LogP contribution in [0.3, 0.4) is 0 Å². The molecule has 0 radical (unpaired) electrons. The Morgan fingerprint density at radius 1 is 1.07 bits per heavy atom. The fraction of sp³-hybridized carbons (Fsp3) is 0.250. The van der Waals surface area contributed by atoms with E-state index >= 15 is 0 Å². The molecule has 5 nitrogen and oxygen atoms in total. The molecule has 2 heterocycles. The van der Waals surface area contributed by atoms with Crippen LogP contribution in [0, 0.1) is 19.7 Å². The van der Waals surface area contributed by atoms with Crippen molar-refractivity contribution in [2.75, 3.05) is 0 Å². The maximum atomic E-state index is 13.3. The lowest BCUT2D eigenvalue weighted by Gasteiger charge is -2.12. The molecule has 0 aliphatic rings. The summed E-state index contributed by atoms with van der Waals surface area (Å²) in [7, 11) is 0. The van der Waals surface area contributed by atoms with Gasteiger partial charge in [0.25, 0.3) is 0 Å². The fourth-order valence-electron chi connectivity index (χ4n) is 3.79. The molecule has 2 aromatic carbocycles. The number of carbonyl (C=O) groups is 1. The number of fused-ring (bicyclic) bond motifs is 2. The van der Waals surface area contributed by atoms with Gasteiger partial charge in [0, 0.05) is 27.9 Å². The average Bonchev–Trinajstić information content (AvgIpc) is 3.11. The third-order valence-corrected chi connectivity index (χ3v) is 5.28. The summed E-state index contributed by atoms with van der Waals surface area (Å²) in [6.07, 6.45) is 1.57. The Balaban J connectivity index is 1.92. The zero-order valence-corrected chi connectivity index (χ0v) is 17.3. The van der Waals surface area contributed by atoms with Gasteiger partial charge >= 0.3 is 5.63 Å². The summed E-state index contributed by atoms with van der Waals surface area (Å²) < 4.78 is 24.7. The van der Waals surface area contributed by atoms with Gasteiger partial charge in [0.05, 0.1) is 18.2 Å². The maximum absolute atomic E-state index is 13.3. The van der Waals surface area contributed by atoms with E-state index in [0.29, 0.717) is 27.9 Å². The summed E-state index contributed by atoms with van der Waals surface area (Å²) in [6.45, 7) is 7.38. The SMILES string of the molecule is Cc1c(CC(=O)NC(C)C)c(=O)oc2c(C)c3occ(-c4ccc(F)cc4)c3cc12. The molecule has 0 saturated heterocycles. The summed E-state index contributed by atoms with van der Waals surface area (Å²) in [4.78, 5) is 24.8. The second-order valence-corrected chi connectivity index (χ2v) is 7.80. The Kier molecular flexibility index (Phi) is 4.94. The normalized spacial score (nSPS) is 11.5. The summed E-state index contributed by atoms with van der Waals surface area (Å²) in [5.74, 6) is -0.539. The van der Waals surface area contributed by atoms with Gasteiger partial charge < -0.3 is 14.2 Å². The largest absolute Gasteiger partial charge is 0.463 e. The van der Waals surface area contributed by atoms with Crippen molar-refractivity contribution in [3.63, 3.8) is 0 Å². The number of furan rings is 1. The summed E-state index contributed by atoms with van der Waals surface area (Å²) >= 11 is 0. The third-order valence-electron chi connectivity index (χ3n) is 5.28. The van der Waals surface area contributed by atoms with E-state index < -0.39 is 5.63 Å². The number of rotatable bonds is 4. The highest BCUT2D eigenvalue weighted by Crippen LogP contribution is 2.37. The summed E-state index contributed by atoms with van der Waals surface area (Å²) in [5, 5.41) is 4.38. The number of hydrogen-bond donors (Lipinski definition) is 1. The molecule has 0 saturated carbocycles. The highest BCUT2D eigenvalue weighted by molar-refractivity contribution is 6.05. The van der Waals surface area contributed by atoms with Crippen molar-refractivity contribution in [2.24, 2.45) is 0 Å². The van der Waals surface area contributed by atoms with Gasteiger partial charge in [-0.3, -0.25) is 4.79 Å². The van der Waals surface area contributed by atoms with Crippen LogP contribution in [0.25, 0.3) is 33.1 Å². The minimum Gasteiger partial charge on any atom is -0.463 e. The topological polar surface area (TPSA) is 72.5 Å². The summed E-state index contributed by atoms with van der Waals surface area (Å²) in [6, 6.07) is 8.08. The van der Waals surface area contributed by atoms with Crippen molar-refractivity contribution in [1.82, 2.24) is 5.32 Å². The minimum absolute atomic E-state index is 0.0172. The maximum Gasteiger partial charge on any atom is 0.340 e. The van der Waals surface area contributed by atoms with Crippen LogP contribution in [0.1, 0.15) is 30.5 Å². The number of amides is 1. The Bertz CT molecular complexity index is 1330. The van der Waals surface area contributed by atoms with Crippen LogP contribution >= 0.6 is 0 Å². The van der Waals surface area contributed by atoms with E-state index in [1.165, 1.54) is 12.1 Å². The van der Waals surface area contributed by atoms with Crippen LogP contribution in [0.5, 0.6) is 0 Å². The van der Waals surface area contributed by atoms with Gasteiger partial charge in [0.2, 0.25) is 5.91 Å². The molecule has 4 rings (SSSR count). The molecule has 0 unspecified atom stereocenters. The zero-order valence-electron chi connectivity index (χ0n) is 17.3. The van der Waals surface area contributed by atoms with Crippen molar-refractivity contribution in [3.8, 4) is 11.1 Å². The van der Waals surface area contributed by atoms with Crippen LogP contribution < -0.4 is 10.9 Å². The monoisotopic (exact) mass is 407 g/mol. The fourth-order valence-corrected chi connectivity index (χ4v) is 3.79. The minimum atomic E-state index is -0.522. The first-order chi connectivity index (χ1) is 14.3. The average molecular weight is 407 g/mol. The smallest absolute Gasteiger partial charge is 0.340 e.